The fourth-order valence-electron chi connectivity index (χ4n) is 2.40. The van der Waals surface area contributed by atoms with E-state index in [1.807, 2.05) is 30.0 Å². The highest BCUT2D eigenvalue weighted by atomic mass is 79.9. The first-order valence-electron chi connectivity index (χ1n) is 6.34. The molecule has 5 heteroatoms. The van der Waals surface area contributed by atoms with Crippen LogP contribution in [0, 0.1) is 12.8 Å². The van der Waals surface area contributed by atoms with Crippen LogP contribution < -0.4 is 5.73 Å². The van der Waals surface area contributed by atoms with Crippen molar-refractivity contribution in [1.82, 2.24) is 4.90 Å². The third kappa shape index (κ3) is 3.15. The van der Waals surface area contributed by atoms with Crippen molar-refractivity contribution in [1.29, 1.82) is 0 Å². The van der Waals surface area contributed by atoms with Gasteiger partial charge >= 0.3 is 0 Å². The Balaban J connectivity index is 2.19. The number of carbonyl (C=O) groups is 1. The van der Waals surface area contributed by atoms with E-state index in [0.717, 1.165) is 35.0 Å². The Kier molecular flexibility index (Phi) is 4.58. The number of halogens is 1. The van der Waals surface area contributed by atoms with E-state index in [4.69, 9.17) is 18.0 Å². The number of amides is 1. The van der Waals surface area contributed by atoms with Crippen molar-refractivity contribution in [2.24, 2.45) is 11.7 Å². The summed E-state index contributed by atoms with van der Waals surface area (Å²) in [6.45, 7) is 3.37. The Labute approximate surface area is 127 Å². The van der Waals surface area contributed by atoms with Crippen molar-refractivity contribution in [3.8, 4) is 0 Å². The lowest BCUT2D eigenvalue weighted by Gasteiger charge is -2.32. The van der Waals surface area contributed by atoms with Gasteiger partial charge in [0.05, 0.1) is 4.99 Å². The second kappa shape index (κ2) is 6.01. The summed E-state index contributed by atoms with van der Waals surface area (Å²) in [6, 6.07) is 5.70. The molecule has 1 aromatic rings. The molecule has 102 valence electrons. The Bertz CT molecular complexity index is 518. The van der Waals surface area contributed by atoms with Gasteiger partial charge in [-0.05, 0) is 37.5 Å². The number of nitrogens with zero attached hydrogens (tertiary/aromatic N) is 1. The average Bonchev–Trinajstić information content (AvgIpc) is 2.41. The summed E-state index contributed by atoms with van der Waals surface area (Å²) in [6.07, 6.45) is 1.94. The van der Waals surface area contributed by atoms with Crippen LogP contribution in [-0.2, 0) is 0 Å². The van der Waals surface area contributed by atoms with Crippen LogP contribution in [0.15, 0.2) is 22.7 Å². The number of nitrogens with two attached hydrogens (primary N) is 1. The van der Waals surface area contributed by atoms with Crippen LogP contribution in [0.1, 0.15) is 28.8 Å². The van der Waals surface area contributed by atoms with E-state index in [1.165, 1.54) is 0 Å². The SMILES string of the molecule is Cc1c(Br)cccc1C(=O)N1CCCC(C(N)=S)C1. The van der Waals surface area contributed by atoms with Gasteiger partial charge in [0.2, 0.25) is 0 Å². The lowest BCUT2D eigenvalue weighted by Crippen LogP contribution is -2.43. The highest BCUT2D eigenvalue weighted by Gasteiger charge is 2.26. The molecule has 0 bridgehead atoms. The van der Waals surface area contributed by atoms with Gasteiger partial charge < -0.3 is 10.6 Å². The quantitative estimate of drug-likeness (QED) is 0.842. The Morgan fingerprint density at radius 3 is 2.95 bits per heavy atom. The van der Waals surface area contributed by atoms with E-state index in [-0.39, 0.29) is 11.8 Å². The van der Waals surface area contributed by atoms with Crippen LogP contribution in [0.3, 0.4) is 0 Å². The van der Waals surface area contributed by atoms with E-state index in [0.29, 0.717) is 11.5 Å². The van der Waals surface area contributed by atoms with Crippen molar-refractivity contribution in [3.05, 3.63) is 33.8 Å². The highest BCUT2D eigenvalue weighted by Crippen LogP contribution is 2.23. The molecule has 19 heavy (non-hydrogen) atoms. The van der Waals surface area contributed by atoms with E-state index >= 15 is 0 Å². The molecular formula is C14H17BrN2OS. The number of rotatable bonds is 2. The maximum absolute atomic E-state index is 12.6. The number of piperidine rings is 1. The largest absolute Gasteiger partial charge is 0.393 e. The first-order chi connectivity index (χ1) is 9.00. The summed E-state index contributed by atoms with van der Waals surface area (Å²) in [5, 5.41) is 0. The minimum Gasteiger partial charge on any atom is -0.393 e. The zero-order chi connectivity index (χ0) is 14.0. The molecule has 0 aliphatic carbocycles. The number of hydrogen-bond donors (Lipinski definition) is 1. The Morgan fingerprint density at radius 1 is 1.53 bits per heavy atom. The molecule has 0 aromatic heterocycles. The van der Waals surface area contributed by atoms with Crippen LogP contribution in [0.25, 0.3) is 0 Å². The number of carbonyl (C=O) groups excluding carboxylic acids is 1. The summed E-state index contributed by atoms with van der Waals surface area (Å²) in [4.78, 5) is 14.9. The smallest absolute Gasteiger partial charge is 0.254 e. The van der Waals surface area contributed by atoms with Crippen molar-refractivity contribution in [2.45, 2.75) is 19.8 Å². The number of hydrogen-bond acceptors (Lipinski definition) is 2. The molecule has 2 rings (SSSR count). The van der Waals surface area contributed by atoms with Crippen LogP contribution in [0.5, 0.6) is 0 Å². The third-order valence-electron chi connectivity index (χ3n) is 3.61. The lowest BCUT2D eigenvalue weighted by molar-refractivity contribution is 0.0703. The summed E-state index contributed by atoms with van der Waals surface area (Å²) < 4.78 is 0.959. The van der Waals surface area contributed by atoms with Gasteiger partial charge in [0.1, 0.15) is 0 Å². The first kappa shape index (κ1) is 14.5. The van der Waals surface area contributed by atoms with Crippen LogP contribution >= 0.6 is 28.1 Å². The van der Waals surface area contributed by atoms with Gasteiger partial charge in [-0.15, -0.1) is 0 Å². The molecule has 1 amide bonds. The van der Waals surface area contributed by atoms with E-state index in [9.17, 15) is 4.79 Å². The van der Waals surface area contributed by atoms with E-state index in [2.05, 4.69) is 15.9 Å². The summed E-state index contributed by atoms with van der Waals surface area (Å²) in [5.74, 6) is 0.222. The Hall–Kier alpha value is -0.940. The zero-order valence-corrected chi connectivity index (χ0v) is 13.3. The van der Waals surface area contributed by atoms with Crippen LogP contribution in [-0.4, -0.2) is 28.9 Å². The lowest BCUT2D eigenvalue weighted by atomic mass is 9.97. The molecular weight excluding hydrogens is 324 g/mol. The van der Waals surface area contributed by atoms with Gasteiger partial charge in [0.25, 0.3) is 5.91 Å². The molecule has 1 aromatic carbocycles. The number of thiocarbonyl (C=S) groups is 1. The standard InChI is InChI=1S/C14H17BrN2OS/c1-9-11(5-2-6-12(9)15)14(18)17-7-3-4-10(8-17)13(16)19/h2,5-6,10H,3-4,7-8H2,1H3,(H2,16,19). The molecule has 2 N–H and O–H groups in total. The molecule has 1 fully saturated rings. The monoisotopic (exact) mass is 340 g/mol. The normalized spacial score (nSPS) is 19.3. The van der Waals surface area contributed by atoms with Gasteiger partial charge in [-0.2, -0.15) is 0 Å². The van der Waals surface area contributed by atoms with Gasteiger partial charge in [-0.3, -0.25) is 4.79 Å². The second-order valence-electron chi connectivity index (χ2n) is 4.91. The maximum atomic E-state index is 12.6. The maximum Gasteiger partial charge on any atom is 0.254 e. The first-order valence-corrected chi connectivity index (χ1v) is 7.54. The van der Waals surface area contributed by atoms with Crippen molar-refractivity contribution in [3.63, 3.8) is 0 Å². The van der Waals surface area contributed by atoms with Gasteiger partial charge in [-0.25, -0.2) is 0 Å². The van der Waals surface area contributed by atoms with E-state index in [1.54, 1.807) is 0 Å². The summed E-state index contributed by atoms with van der Waals surface area (Å²) in [7, 11) is 0. The zero-order valence-electron chi connectivity index (χ0n) is 10.9. The van der Waals surface area contributed by atoms with Crippen molar-refractivity contribution >= 4 is 39.0 Å². The topological polar surface area (TPSA) is 46.3 Å². The molecule has 1 aliphatic rings. The minimum absolute atomic E-state index is 0.0692. The number of likely N-dealkylation sites (tertiary alicyclic amines) is 1. The van der Waals surface area contributed by atoms with Gasteiger partial charge in [-0.1, -0.05) is 34.2 Å². The van der Waals surface area contributed by atoms with Gasteiger partial charge in [0.15, 0.2) is 0 Å². The number of benzene rings is 1. The van der Waals surface area contributed by atoms with E-state index < -0.39 is 0 Å². The molecule has 1 heterocycles. The fraction of sp³-hybridized carbons (Fsp3) is 0.429. The third-order valence-corrected chi connectivity index (χ3v) is 4.80. The predicted octanol–water partition coefficient (Wildman–Crippen LogP) is 2.90. The molecule has 1 unspecified atom stereocenters. The molecule has 1 atom stereocenters. The average molecular weight is 341 g/mol. The molecule has 0 radical (unpaired) electrons. The summed E-state index contributed by atoms with van der Waals surface area (Å²) in [5.41, 5.74) is 7.43. The molecule has 3 nitrogen and oxygen atoms in total. The highest BCUT2D eigenvalue weighted by molar-refractivity contribution is 9.10. The van der Waals surface area contributed by atoms with Crippen LogP contribution in [0.2, 0.25) is 0 Å². The second-order valence-corrected chi connectivity index (χ2v) is 6.23. The Morgan fingerprint density at radius 2 is 2.26 bits per heavy atom. The predicted molar refractivity (Wildman–Crippen MR) is 84.3 cm³/mol. The van der Waals surface area contributed by atoms with Crippen molar-refractivity contribution in [2.75, 3.05) is 13.1 Å². The molecule has 1 aliphatic heterocycles. The van der Waals surface area contributed by atoms with Crippen molar-refractivity contribution < 1.29 is 4.79 Å². The fourth-order valence-corrected chi connectivity index (χ4v) is 2.96. The molecule has 1 saturated heterocycles. The molecule has 0 spiro atoms. The van der Waals surface area contributed by atoms with Crippen LogP contribution in [0.4, 0.5) is 0 Å². The summed E-state index contributed by atoms with van der Waals surface area (Å²) >= 11 is 8.51. The molecule has 0 saturated carbocycles. The minimum atomic E-state index is 0.0692. The van der Waals surface area contributed by atoms with Gasteiger partial charge in [0, 0.05) is 29.0 Å².